The first-order valence-electron chi connectivity index (χ1n) is 11.1. The number of amides is 1. The van der Waals surface area contributed by atoms with Crippen molar-refractivity contribution in [1.82, 2.24) is 19.7 Å². The number of nitrogens with zero attached hydrogens (tertiary/aromatic N) is 4. The molecule has 2 aliphatic carbocycles. The summed E-state index contributed by atoms with van der Waals surface area (Å²) < 4.78 is 6.93. The molecule has 1 amide bonds. The highest BCUT2D eigenvalue weighted by molar-refractivity contribution is 6.00. The Bertz CT molecular complexity index is 1120. The minimum Gasteiger partial charge on any atom is -0.460 e. The van der Waals surface area contributed by atoms with Gasteiger partial charge in [-0.25, -0.2) is 14.5 Å². The fourth-order valence-electron chi connectivity index (χ4n) is 4.52. The van der Waals surface area contributed by atoms with E-state index in [1.54, 1.807) is 6.92 Å². The summed E-state index contributed by atoms with van der Waals surface area (Å²) >= 11 is 0. The number of Topliss-reactive ketones (excluding diaryl/α,β-unsaturated/α-hetero) is 1. The van der Waals surface area contributed by atoms with E-state index in [2.05, 4.69) is 20.4 Å². The van der Waals surface area contributed by atoms with Crippen LogP contribution in [0.3, 0.4) is 0 Å². The summed E-state index contributed by atoms with van der Waals surface area (Å²) in [4.78, 5) is 45.7. The van der Waals surface area contributed by atoms with Crippen LogP contribution in [0, 0.1) is 12.3 Å². The van der Waals surface area contributed by atoms with Crippen molar-refractivity contribution in [3.8, 4) is 5.95 Å². The lowest BCUT2D eigenvalue weighted by Gasteiger charge is -2.28. The molecule has 1 fully saturated rings. The summed E-state index contributed by atoms with van der Waals surface area (Å²) in [5, 5.41) is 7.21. The Hall–Kier alpha value is -3.34. The largest absolute Gasteiger partial charge is 0.460 e. The van der Waals surface area contributed by atoms with E-state index in [1.165, 1.54) is 10.9 Å². The molecule has 2 heterocycles. The highest BCUT2D eigenvalue weighted by Gasteiger charge is 2.36. The third-order valence-corrected chi connectivity index (χ3v) is 6.08. The fourth-order valence-corrected chi connectivity index (χ4v) is 4.52. The molecule has 5 N–H and O–H groups in total. The number of esters is 1. The van der Waals surface area contributed by atoms with E-state index in [9.17, 15) is 14.4 Å². The predicted octanol–water partition coefficient (Wildman–Crippen LogP) is 1.41. The zero-order valence-corrected chi connectivity index (χ0v) is 19.1. The van der Waals surface area contributed by atoms with Crippen LogP contribution < -0.4 is 16.8 Å². The molecule has 1 saturated carbocycles. The van der Waals surface area contributed by atoms with Gasteiger partial charge in [-0.1, -0.05) is 13.8 Å². The third-order valence-electron chi connectivity index (χ3n) is 6.08. The van der Waals surface area contributed by atoms with E-state index in [-0.39, 0.29) is 34.6 Å². The van der Waals surface area contributed by atoms with E-state index in [0.29, 0.717) is 29.8 Å². The van der Waals surface area contributed by atoms with Crippen molar-refractivity contribution in [1.29, 1.82) is 0 Å². The van der Waals surface area contributed by atoms with Crippen molar-refractivity contribution in [3.63, 3.8) is 0 Å². The van der Waals surface area contributed by atoms with Crippen LogP contribution in [0.15, 0.2) is 6.20 Å². The molecule has 0 spiro atoms. The van der Waals surface area contributed by atoms with Crippen LogP contribution in [-0.4, -0.2) is 49.7 Å². The smallest absolute Gasteiger partial charge is 0.343 e. The van der Waals surface area contributed by atoms with E-state index in [4.69, 9.17) is 16.2 Å². The summed E-state index contributed by atoms with van der Waals surface area (Å²) in [6, 6.07) is 0. The number of anilines is 1. The molecule has 1 atom stereocenters. The van der Waals surface area contributed by atoms with Gasteiger partial charge in [-0.15, -0.1) is 0 Å². The Morgan fingerprint density at radius 3 is 2.64 bits per heavy atom. The average Bonchev–Trinajstić information content (AvgIpc) is 3.34. The number of hydrogen-bond donors (Lipinski definition) is 3. The van der Waals surface area contributed by atoms with Gasteiger partial charge in [0.15, 0.2) is 11.9 Å². The number of carbonyl (C=O) groups is 3. The first kappa shape index (κ1) is 22.8. The van der Waals surface area contributed by atoms with Crippen molar-refractivity contribution in [2.45, 2.75) is 71.6 Å². The predicted molar refractivity (Wildman–Crippen MR) is 119 cm³/mol. The Morgan fingerprint density at radius 1 is 1.27 bits per heavy atom. The quantitative estimate of drug-likeness (QED) is 0.430. The van der Waals surface area contributed by atoms with Gasteiger partial charge < -0.3 is 21.5 Å². The highest BCUT2D eigenvalue weighted by Crippen LogP contribution is 2.36. The molecule has 4 rings (SSSR count). The molecule has 2 aromatic rings. The molecule has 1 unspecified atom stereocenters. The maximum absolute atomic E-state index is 12.7. The Balaban J connectivity index is 1.66. The van der Waals surface area contributed by atoms with Crippen LogP contribution in [0.1, 0.15) is 78.1 Å². The lowest BCUT2D eigenvalue weighted by molar-refractivity contribution is -0.149. The van der Waals surface area contributed by atoms with Crippen molar-refractivity contribution in [2.24, 2.45) is 16.9 Å². The topological polar surface area (TPSA) is 168 Å². The van der Waals surface area contributed by atoms with Gasteiger partial charge in [-0.2, -0.15) is 10.1 Å². The standard InChI is InChI=1S/C22H29N7O4/c1-11-16-14(8-22(2,3)9-15(16)30)29(28-11)21-25-10-13(18(24)31)19(27-21)26-17(23)20(32)33-12-6-4-5-7-12/h10,12,17H,4-9,23H2,1-3H3,(H2,24,31)(H,25,26,27). The normalized spacial score (nSPS) is 18.6. The fraction of sp³-hybridized carbons (Fsp3) is 0.545. The molecule has 0 aromatic carbocycles. The van der Waals surface area contributed by atoms with Crippen LogP contribution in [0.25, 0.3) is 5.95 Å². The van der Waals surface area contributed by atoms with E-state index in [0.717, 1.165) is 25.7 Å². The highest BCUT2D eigenvalue weighted by atomic mass is 16.5. The number of aryl methyl sites for hydroxylation is 1. The summed E-state index contributed by atoms with van der Waals surface area (Å²) in [6.45, 7) is 5.79. The molecule has 33 heavy (non-hydrogen) atoms. The van der Waals surface area contributed by atoms with Crippen LogP contribution >= 0.6 is 0 Å². The van der Waals surface area contributed by atoms with Gasteiger partial charge in [0.1, 0.15) is 11.9 Å². The molecular weight excluding hydrogens is 426 g/mol. The zero-order valence-electron chi connectivity index (χ0n) is 19.1. The molecule has 0 aliphatic heterocycles. The average molecular weight is 456 g/mol. The van der Waals surface area contributed by atoms with Crippen LogP contribution in [0.4, 0.5) is 5.82 Å². The number of rotatable bonds is 6. The Labute approximate surface area is 191 Å². The summed E-state index contributed by atoms with van der Waals surface area (Å²) in [6.07, 6.45) is 4.51. The van der Waals surface area contributed by atoms with E-state index < -0.39 is 18.0 Å². The van der Waals surface area contributed by atoms with Gasteiger partial charge in [-0.3, -0.25) is 9.59 Å². The van der Waals surface area contributed by atoms with Gasteiger partial charge in [0.25, 0.3) is 11.9 Å². The molecule has 0 bridgehead atoms. The molecule has 176 valence electrons. The number of fused-ring (bicyclic) bond motifs is 1. The molecule has 2 aliphatic rings. The monoisotopic (exact) mass is 455 g/mol. The van der Waals surface area contributed by atoms with Crippen molar-refractivity contribution in [3.05, 3.63) is 28.7 Å². The summed E-state index contributed by atoms with van der Waals surface area (Å²) in [5.74, 6) is -1.28. The van der Waals surface area contributed by atoms with Crippen molar-refractivity contribution in [2.75, 3.05) is 5.32 Å². The van der Waals surface area contributed by atoms with E-state index >= 15 is 0 Å². The van der Waals surface area contributed by atoms with Crippen molar-refractivity contribution >= 4 is 23.5 Å². The van der Waals surface area contributed by atoms with Crippen molar-refractivity contribution < 1.29 is 19.1 Å². The number of nitrogens with one attached hydrogen (secondary N) is 1. The molecule has 0 saturated heterocycles. The van der Waals surface area contributed by atoms with Crippen LogP contribution in [0.5, 0.6) is 0 Å². The number of hydrogen-bond acceptors (Lipinski definition) is 9. The van der Waals surface area contributed by atoms with Gasteiger partial charge in [0.05, 0.1) is 22.5 Å². The minimum atomic E-state index is -1.25. The summed E-state index contributed by atoms with van der Waals surface area (Å²) in [7, 11) is 0. The van der Waals surface area contributed by atoms with Gasteiger partial charge >= 0.3 is 5.97 Å². The summed E-state index contributed by atoms with van der Waals surface area (Å²) in [5.41, 5.74) is 13.1. The number of primary amides is 1. The molecule has 2 aromatic heterocycles. The number of carbonyl (C=O) groups excluding carboxylic acids is 3. The Kier molecular flexibility index (Phi) is 5.91. The van der Waals surface area contributed by atoms with Gasteiger partial charge in [0, 0.05) is 12.6 Å². The Morgan fingerprint density at radius 2 is 1.97 bits per heavy atom. The van der Waals surface area contributed by atoms with Gasteiger partial charge in [-0.05, 0) is 44.4 Å². The maximum atomic E-state index is 12.7. The second kappa shape index (κ2) is 8.54. The number of ketones is 1. The third kappa shape index (κ3) is 4.58. The molecular formula is C22H29N7O4. The first-order chi connectivity index (χ1) is 15.6. The maximum Gasteiger partial charge on any atom is 0.343 e. The minimum absolute atomic E-state index is 0.00771. The molecule has 11 nitrogen and oxygen atoms in total. The molecule has 11 heteroatoms. The number of aromatic nitrogens is 4. The molecule has 0 radical (unpaired) electrons. The van der Waals surface area contributed by atoms with Crippen LogP contribution in [0.2, 0.25) is 0 Å². The number of ether oxygens (including phenoxy) is 1. The number of nitrogens with two attached hydrogens (primary N) is 2. The van der Waals surface area contributed by atoms with Gasteiger partial charge in [0.2, 0.25) is 0 Å². The van der Waals surface area contributed by atoms with E-state index in [1.807, 2.05) is 13.8 Å². The lowest BCUT2D eigenvalue weighted by Crippen LogP contribution is -2.41. The first-order valence-corrected chi connectivity index (χ1v) is 11.1. The second-order valence-electron chi connectivity index (χ2n) is 9.52. The lowest BCUT2D eigenvalue weighted by atomic mass is 9.75. The van der Waals surface area contributed by atoms with Crippen LogP contribution in [-0.2, 0) is 16.0 Å². The zero-order chi connectivity index (χ0) is 23.9. The second-order valence-corrected chi connectivity index (χ2v) is 9.52. The SMILES string of the molecule is Cc1nn(-c2ncc(C(N)=O)c(NC(N)C(=O)OC3CCCC3)n2)c2c1C(=O)CC(C)(C)C2.